The summed E-state index contributed by atoms with van der Waals surface area (Å²) in [6.07, 6.45) is 15.2. The van der Waals surface area contributed by atoms with Crippen LogP contribution >= 0.6 is 0 Å². The fourth-order valence-electron chi connectivity index (χ4n) is 2.24. The van der Waals surface area contributed by atoms with Crippen molar-refractivity contribution in [3.05, 3.63) is 12.2 Å². The SMILES string of the molecule is C/C=C/CCCCOCC1CCCCC1. The maximum atomic E-state index is 5.73. The zero-order valence-electron chi connectivity index (χ0n) is 10.2. The zero-order valence-corrected chi connectivity index (χ0v) is 10.2. The topological polar surface area (TPSA) is 9.23 Å². The standard InChI is InChI=1S/C14H26O/c1-2-3-4-5-9-12-15-13-14-10-7-6-8-11-14/h2-3,14H,4-13H2,1H3/b3-2+. The van der Waals surface area contributed by atoms with Gasteiger partial charge in [0.05, 0.1) is 0 Å². The summed E-state index contributed by atoms with van der Waals surface area (Å²) in [5.41, 5.74) is 0. The van der Waals surface area contributed by atoms with Crippen molar-refractivity contribution in [2.75, 3.05) is 13.2 Å². The summed E-state index contributed by atoms with van der Waals surface area (Å²) in [4.78, 5) is 0. The molecule has 0 unspecified atom stereocenters. The van der Waals surface area contributed by atoms with Crippen LogP contribution in [0.4, 0.5) is 0 Å². The van der Waals surface area contributed by atoms with Crippen molar-refractivity contribution in [2.24, 2.45) is 5.92 Å². The third kappa shape index (κ3) is 6.72. The van der Waals surface area contributed by atoms with Gasteiger partial charge in [-0.3, -0.25) is 0 Å². The first-order valence-electron chi connectivity index (χ1n) is 6.62. The molecule has 0 aromatic heterocycles. The smallest absolute Gasteiger partial charge is 0.0494 e. The minimum absolute atomic E-state index is 0.870. The Balaban J connectivity index is 1.83. The summed E-state index contributed by atoms with van der Waals surface area (Å²) in [5.74, 6) is 0.870. The van der Waals surface area contributed by atoms with Crippen LogP contribution in [0.25, 0.3) is 0 Å². The highest BCUT2D eigenvalue weighted by molar-refractivity contribution is 4.76. The van der Waals surface area contributed by atoms with Crippen LogP contribution in [0.5, 0.6) is 0 Å². The number of unbranched alkanes of at least 4 members (excludes halogenated alkanes) is 2. The Kier molecular flexibility index (Phi) is 7.63. The zero-order chi connectivity index (χ0) is 10.8. The molecule has 1 heteroatoms. The second kappa shape index (κ2) is 8.96. The van der Waals surface area contributed by atoms with Gasteiger partial charge < -0.3 is 4.74 Å². The molecule has 15 heavy (non-hydrogen) atoms. The Labute approximate surface area is 94.9 Å². The molecule has 0 bridgehead atoms. The van der Waals surface area contributed by atoms with E-state index in [-0.39, 0.29) is 0 Å². The van der Waals surface area contributed by atoms with Crippen molar-refractivity contribution in [3.8, 4) is 0 Å². The molecule has 1 aliphatic rings. The normalized spacial score (nSPS) is 18.7. The molecule has 88 valence electrons. The maximum absolute atomic E-state index is 5.73. The Bertz CT molecular complexity index is 157. The van der Waals surface area contributed by atoms with Crippen LogP contribution in [0.1, 0.15) is 58.3 Å². The second-order valence-electron chi connectivity index (χ2n) is 4.64. The molecule has 1 rings (SSSR count). The van der Waals surface area contributed by atoms with Crippen LogP contribution in [-0.4, -0.2) is 13.2 Å². The first-order valence-corrected chi connectivity index (χ1v) is 6.62. The van der Waals surface area contributed by atoms with Crippen molar-refractivity contribution in [2.45, 2.75) is 58.3 Å². The summed E-state index contributed by atoms with van der Waals surface area (Å²) in [5, 5.41) is 0. The molecule has 1 fully saturated rings. The Hall–Kier alpha value is -0.300. The van der Waals surface area contributed by atoms with Gasteiger partial charge in [0.1, 0.15) is 0 Å². The van der Waals surface area contributed by atoms with Gasteiger partial charge in [-0.1, -0.05) is 31.4 Å². The predicted octanol–water partition coefficient (Wildman–Crippen LogP) is 4.33. The van der Waals surface area contributed by atoms with E-state index in [2.05, 4.69) is 19.1 Å². The predicted molar refractivity (Wildman–Crippen MR) is 66.1 cm³/mol. The van der Waals surface area contributed by atoms with E-state index in [1.165, 1.54) is 51.4 Å². The molecule has 0 N–H and O–H groups in total. The molecule has 1 nitrogen and oxygen atoms in total. The molecule has 0 atom stereocenters. The van der Waals surface area contributed by atoms with Crippen molar-refractivity contribution >= 4 is 0 Å². The van der Waals surface area contributed by atoms with E-state index in [1.807, 2.05) is 0 Å². The molecule has 0 aromatic rings. The quantitative estimate of drug-likeness (QED) is 0.449. The van der Waals surface area contributed by atoms with Gasteiger partial charge in [-0.25, -0.2) is 0 Å². The summed E-state index contributed by atoms with van der Waals surface area (Å²) in [7, 11) is 0. The van der Waals surface area contributed by atoms with E-state index >= 15 is 0 Å². The highest BCUT2D eigenvalue weighted by Crippen LogP contribution is 2.23. The lowest BCUT2D eigenvalue weighted by Gasteiger charge is -2.21. The summed E-state index contributed by atoms with van der Waals surface area (Å²) >= 11 is 0. The highest BCUT2D eigenvalue weighted by Gasteiger charge is 2.12. The Morgan fingerprint density at radius 2 is 1.93 bits per heavy atom. The largest absolute Gasteiger partial charge is 0.381 e. The molecule has 0 amide bonds. The highest BCUT2D eigenvalue weighted by atomic mass is 16.5. The molecule has 0 aliphatic heterocycles. The number of hydrogen-bond donors (Lipinski definition) is 0. The van der Waals surface area contributed by atoms with Crippen molar-refractivity contribution in [1.29, 1.82) is 0 Å². The van der Waals surface area contributed by atoms with Crippen molar-refractivity contribution < 1.29 is 4.74 Å². The van der Waals surface area contributed by atoms with E-state index in [0.29, 0.717) is 0 Å². The van der Waals surface area contributed by atoms with Gasteiger partial charge in [-0.2, -0.15) is 0 Å². The minimum atomic E-state index is 0.870. The van der Waals surface area contributed by atoms with E-state index in [4.69, 9.17) is 4.74 Å². The lowest BCUT2D eigenvalue weighted by atomic mass is 9.90. The second-order valence-corrected chi connectivity index (χ2v) is 4.64. The molecule has 0 spiro atoms. The van der Waals surface area contributed by atoms with Crippen LogP contribution in [0.15, 0.2) is 12.2 Å². The summed E-state index contributed by atoms with van der Waals surface area (Å²) in [6, 6.07) is 0. The Morgan fingerprint density at radius 3 is 2.67 bits per heavy atom. The molecule has 0 saturated heterocycles. The lowest BCUT2D eigenvalue weighted by molar-refractivity contribution is 0.0829. The van der Waals surface area contributed by atoms with Crippen LogP contribution in [0.2, 0.25) is 0 Å². The molecular weight excluding hydrogens is 184 g/mol. The fourth-order valence-corrected chi connectivity index (χ4v) is 2.24. The minimum Gasteiger partial charge on any atom is -0.381 e. The van der Waals surface area contributed by atoms with Gasteiger partial charge >= 0.3 is 0 Å². The first-order chi connectivity index (χ1) is 7.43. The number of ether oxygens (including phenoxy) is 1. The van der Waals surface area contributed by atoms with Crippen LogP contribution < -0.4 is 0 Å². The van der Waals surface area contributed by atoms with E-state index < -0.39 is 0 Å². The molecule has 0 aromatic carbocycles. The lowest BCUT2D eigenvalue weighted by Crippen LogP contribution is -2.13. The average Bonchev–Trinajstić information content (AvgIpc) is 2.29. The third-order valence-electron chi connectivity index (χ3n) is 3.22. The van der Waals surface area contributed by atoms with Crippen molar-refractivity contribution in [1.82, 2.24) is 0 Å². The van der Waals surface area contributed by atoms with Crippen molar-refractivity contribution in [3.63, 3.8) is 0 Å². The summed E-state index contributed by atoms with van der Waals surface area (Å²) in [6.45, 7) is 4.07. The molecular formula is C14H26O. The Morgan fingerprint density at radius 1 is 1.13 bits per heavy atom. The molecule has 0 radical (unpaired) electrons. The summed E-state index contributed by atoms with van der Waals surface area (Å²) < 4.78 is 5.73. The average molecular weight is 210 g/mol. The third-order valence-corrected chi connectivity index (χ3v) is 3.22. The van der Waals surface area contributed by atoms with E-state index in [9.17, 15) is 0 Å². The van der Waals surface area contributed by atoms with Gasteiger partial charge in [-0.05, 0) is 44.9 Å². The van der Waals surface area contributed by atoms with Gasteiger partial charge in [0, 0.05) is 13.2 Å². The fraction of sp³-hybridized carbons (Fsp3) is 0.857. The maximum Gasteiger partial charge on any atom is 0.0494 e. The molecule has 1 aliphatic carbocycles. The van der Waals surface area contributed by atoms with Gasteiger partial charge in [-0.15, -0.1) is 0 Å². The van der Waals surface area contributed by atoms with Crippen LogP contribution in [0.3, 0.4) is 0 Å². The van der Waals surface area contributed by atoms with E-state index in [1.54, 1.807) is 0 Å². The van der Waals surface area contributed by atoms with Gasteiger partial charge in [0.15, 0.2) is 0 Å². The first kappa shape index (κ1) is 12.8. The molecule has 0 heterocycles. The van der Waals surface area contributed by atoms with Gasteiger partial charge in [0.25, 0.3) is 0 Å². The number of rotatable bonds is 7. The van der Waals surface area contributed by atoms with Gasteiger partial charge in [0.2, 0.25) is 0 Å². The number of hydrogen-bond acceptors (Lipinski definition) is 1. The monoisotopic (exact) mass is 210 g/mol. The number of allylic oxidation sites excluding steroid dienone is 2. The van der Waals surface area contributed by atoms with E-state index in [0.717, 1.165) is 19.1 Å². The molecule has 1 saturated carbocycles. The van der Waals surface area contributed by atoms with Crippen LogP contribution in [0, 0.1) is 5.92 Å². The van der Waals surface area contributed by atoms with Crippen LogP contribution in [-0.2, 0) is 4.74 Å².